The predicted octanol–water partition coefficient (Wildman–Crippen LogP) is 5.18. The molecule has 2 heterocycles. The molecule has 0 aromatic heterocycles. The number of ether oxygens (including phenoxy) is 1. The van der Waals surface area contributed by atoms with E-state index in [4.69, 9.17) is 4.74 Å². The standard InChI is InChI=1S/C29H31N3O3S/c33-28(27-20-36-29(34)31-27)30-24-11-9-22(10-12-24)26-6-2-1-5-23(26)19-21-7-13-25(14-8-21)35-18-17-32-15-3-4-16-32/h1-2,5-14,27H,3-4,15-20H2,(H,30,33)(H,31,34). The van der Waals surface area contributed by atoms with E-state index in [-0.39, 0.29) is 11.1 Å². The summed E-state index contributed by atoms with van der Waals surface area (Å²) in [5, 5.41) is 5.41. The Morgan fingerprint density at radius 2 is 1.75 bits per heavy atom. The van der Waals surface area contributed by atoms with Gasteiger partial charge < -0.3 is 15.4 Å². The highest BCUT2D eigenvalue weighted by atomic mass is 32.2. The molecule has 0 saturated carbocycles. The van der Waals surface area contributed by atoms with Gasteiger partial charge >= 0.3 is 0 Å². The average molecular weight is 502 g/mol. The molecule has 1 unspecified atom stereocenters. The molecule has 36 heavy (non-hydrogen) atoms. The van der Waals surface area contributed by atoms with Crippen LogP contribution in [0, 0.1) is 0 Å². The molecule has 3 aromatic carbocycles. The molecule has 0 radical (unpaired) electrons. The number of likely N-dealkylation sites (tertiary alicyclic amines) is 1. The van der Waals surface area contributed by atoms with Crippen molar-refractivity contribution in [3.63, 3.8) is 0 Å². The lowest BCUT2D eigenvalue weighted by Gasteiger charge is -2.15. The Morgan fingerprint density at radius 1 is 1.00 bits per heavy atom. The Bertz CT molecular complexity index is 1190. The zero-order valence-corrected chi connectivity index (χ0v) is 21.1. The van der Waals surface area contributed by atoms with Gasteiger partial charge in [-0.2, -0.15) is 0 Å². The molecule has 1 atom stereocenters. The van der Waals surface area contributed by atoms with Crippen molar-refractivity contribution in [3.05, 3.63) is 83.9 Å². The fourth-order valence-electron chi connectivity index (χ4n) is 4.67. The van der Waals surface area contributed by atoms with Crippen LogP contribution in [0.5, 0.6) is 5.75 Å². The lowest BCUT2D eigenvalue weighted by molar-refractivity contribution is -0.117. The number of benzene rings is 3. The fourth-order valence-corrected chi connectivity index (χ4v) is 5.45. The summed E-state index contributed by atoms with van der Waals surface area (Å²) in [6.07, 6.45) is 3.43. The van der Waals surface area contributed by atoms with E-state index in [9.17, 15) is 9.59 Å². The molecule has 2 saturated heterocycles. The molecule has 186 valence electrons. The van der Waals surface area contributed by atoms with Crippen molar-refractivity contribution in [2.24, 2.45) is 0 Å². The number of carbonyl (C=O) groups excluding carboxylic acids is 2. The molecule has 2 aliphatic heterocycles. The number of nitrogens with one attached hydrogen (secondary N) is 2. The minimum atomic E-state index is -0.482. The van der Waals surface area contributed by atoms with E-state index >= 15 is 0 Å². The summed E-state index contributed by atoms with van der Waals surface area (Å²) in [6.45, 7) is 4.11. The highest BCUT2D eigenvalue weighted by molar-refractivity contribution is 8.14. The Morgan fingerprint density at radius 3 is 2.47 bits per heavy atom. The minimum Gasteiger partial charge on any atom is -0.492 e. The summed E-state index contributed by atoms with van der Waals surface area (Å²) in [7, 11) is 0. The second-order valence-corrected chi connectivity index (χ2v) is 10.2. The SMILES string of the molecule is O=C1NC(C(=O)Nc2ccc(-c3ccccc3Cc3ccc(OCCN4CCCC4)cc3)cc2)CS1. The summed E-state index contributed by atoms with van der Waals surface area (Å²) in [6, 6.07) is 24.2. The van der Waals surface area contributed by atoms with Crippen LogP contribution in [-0.2, 0) is 11.2 Å². The first-order valence-electron chi connectivity index (χ1n) is 12.5. The van der Waals surface area contributed by atoms with Gasteiger partial charge in [-0.25, -0.2) is 0 Å². The molecule has 0 aliphatic carbocycles. The summed E-state index contributed by atoms with van der Waals surface area (Å²) in [5.41, 5.74) is 5.45. The number of anilines is 1. The molecule has 2 aliphatic rings. The number of rotatable bonds is 9. The van der Waals surface area contributed by atoms with Crippen LogP contribution in [0.4, 0.5) is 10.5 Å². The zero-order chi connectivity index (χ0) is 24.7. The van der Waals surface area contributed by atoms with Crippen molar-refractivity contribution in [1.82, 2.24) is 10.2 Å². The van der Waals surface area contributed by atoms with Gasteiger partial charge in [-0.15, -0.1) is 0 Å². The number of amides is 2. The summed E-state index contributed by atoms with van der Waals surface area (Å²) in [4.78, 5) is 26.2. The highest BCUT2D eigenvalue weighted by Gasteiger charge is 2.27. The third-order valence-corrected chi connectivity index (χ3v) is 7.54. The van der Waals surface area contributed by atoms with E-state index < -0.39 is 6.04 Å². The quantitative estimate of drug-likeness (QED) is 0.423. The number of nitrogens with zero attached hydrogens (tertiary/aromatic N) is 1. The number of carbonyl (C=O) groups is 2. The van der Waals surface area contributed by atoms with E-state index in [1.54, 1.807) is 0 Å². The van der Waals surface area contributed by atoms with E-state index in [0.29, 0.717) is 11.4 Å². The number of thioether (sulfide) groups is 1. The van der Waals surface area contributed by atoms with Crippen molar-refractivity contribution in [3.8, 4) is 16.9 Å². The van der Waals surface area contributed by atoms with E-state index in [0.717, 1.165) is 42.6 Å². The normalized spacial score (nSPS) is 17.7. The predicted molar refractivity (Wildman–Crippen MR) is 146 cm³/mol. The molecule has 2 N–H and O–H groups in total. The first kappa shape index (κ1) is 24.4. The highest BCUT2D eigenvalue weighted by Crippen LogP contribution is 2.28. The van der Waals surface area contributed by atoms with E-state index in [1.165, 1.54) is 42.6 Å². The molecule has 0 bridgehead atoms. The maximum absolute atomic E-state index is 12.4. The smallest absolute Gasteiger partial charge is 0.279 e. The molecule has 2 amide bonds. The van der Waals surface area contributed by atoms with Gasteiger partial charge in [-0.05, 0) is 78.9 Å². The largest absolute Gasteiger partial charge is 0.492 e. The zero-order valence-electron chi connectivity index (χ0n) is 20.2. The third kappa shape index (κ3) is 6.28. The Hall–Kier alpha value is -3.29. The minimum absolute atomic E-state index is 0.151. The molecule has 7 heteroatoms. The van der Waals surface area contributed by atoms with Crippen LogP contribution in [0.3, 0.4) is 0 Å². The number of hydrogen-bond acceptors (Lipinski definition) is 5. The summed E-state index contributed by atoms with van der Waals surface area (Å²) in [5.74, 6) is 1.19. The van der Waals surface area contributed by atoms with Gasteiger partial charge in [-0.1, -0.05) is 60.3 Å². The third-order valence-electron chi connectivity index (χ3n) is 6.66. The first-order chi connectivity index (χ1) is 17.6. The van der Waals surface area contributed by atoms with Crippen molar-refractivity contribution >= 4 is 28.6 Å². The van der Waals surface area contributed by atoms with Crippen LogP contribution in [0.25, 0.3) is 11.1 Å². The van der Waals surface area contributed by atoms with Crippen LogP contribution in [0.1, 0.15) is 24.0 Å². The Labute approximate surface area is 216 Å². The lowest BCUT2D eigenvalue weighted by Crippen LogP contribution is -2.38. The van der Waals surface area contributed by atoms with E-state index in [2.05, 4.69) is 58.0 Å². The van der Waals surface area contributed by atoms with Crippen LogP contribution >= 0.6 is 11.8 Å². The molecule has 3 aromatic rings. The van der Waals surface area contributed by atoms with Crippen LogP contribution in [0.2, 0.25) is 0 Å². The topological polar surface area (TPSA) is 70.7 Å². The second-order valence-electron chi connectivity index (χ2n) is 9.24. The Balaban J connectivity index is 1.19. The second kappa shape index (κ2) is 11.6. The first-order valence-corrected chi connectivity index (χ1v) is 13.5. The molecular weight excluding hydrogens is 470 g/mol. The fraction of sp³-hybridized carbons (Fsp3) is 0.310. The van der Waals surface area contributed by atoms with Crippen LogP contribution < -0.4 is 15.4 Å². The monoisotopic (exact) mass is 501 g/mol. The van der Waals surface area contributed by atoms with Crippen molar-refractivity contribution in [2.45, 2.75) is 25.3 Å². The molecule has 6 nitrogen and oxygen atoms in total. The molecule has 2 fully saturated rings. The van der Waals surface area contributed by atoms with Gasteiger partial charge in [0.15, 0.2) is 0 Å². The van der Waals surface area contributed by atoms with Gasteiger partial charge in [0.25, 0.3) is 5.24 Å². The van der Waals surface area contributed by atoms with Gasteiger partial charge in [0.2, 0.25) is 5.91 Å². The van der Waals surface area contributed by atoms with Crippen LogP contribution in [0.15, 0.2) is 72.8 Å². The van der Waals surface area contributed by atoms with Gasteiger partial charge in [-0.3, -0.25) is 14.5 Å². The van der Waals surface area contributed by atoms with Gasteiger partial charge in [0.1, 0.15) is 18.4 Å². The van der Waals surface area contributed by atoms with Crippen molar-refractivity contribution in [1.29, 1.82) is 0 Å². The molecule has 0 spiro atoms. The molecule has 5 rings (SSSR count). The maximum Gasteiger partial charge on any atom is 0.279 e. The Kier molecular flexibility index (Phi) is 7.88. The van der Waals surface area contributed by atoms with E-state index in [1.807, 2.05) is 30.3 Å². The van der Waals surface area contributed by atoms with Gasteiger partial charge in [0.05, 0.1) is 0 Å². The van der Waals surface area contributed by atoms with Crippen molar-refractivity contribution in [2.75, 3.05) is 37.3 Å². The summed E-state index contributed by atoms with van der Waals surface area (Å²) < 4.78 is 5.95. The average Bonchev–Trinajstić information content (AvgIpc) is 3.58. The van der Waals surface area contributed by atoms with Crippen molar-refractivity contribution < 1.29 is 14.3 Å². The maximum atomic E-state index is 12.4. The van der Waals surface area contributed by atoms with Crippen LogP contribution in [-0.4, -0.2) is 54.1 Å². The lowest BCUT2D eigenvalue weighted by atomic mass is 9.95. The van der Waals surface area contributed by atoms with Gasteiger partial charge in [0, 0.05) is 18.0 Å². The molecular formula is C29H31N3O3S. The number of hydrogen-bond donors (Lipinski definition) is 2. The summed E-state index contributed by atoms with van der Waals surface area (Å²) >= 11 is 1.14.